The van der Waals surface area contributed by atoms with Crippen molar-refractivity contribution < 1.29 is 34.7 Å². The second-order valence-electron chi connectivity index (χ2n) is 6.00. The second kappa shape index (κ2) is 9.57. The summed E-state index contributed by atoms with van der Waals surface area (Å²) in [6, 6.07) is -1.17. The van der Waals surface area contributed by atoms with Crippen molar-refractivity contribution in [3.8, 4) is 0 Å². The molecule has 1 rings (SSSR count). The number of rotatable bonds is 8. The molecule has 0 unspecified atom stereocenters. The lowest BCUT2D eigenvalue weighted by atomic mass is 9.93. The number of ether oxygens (including phenoxy) is 2. The molecule has 0 aromatic heterocycles. The van der Waals surface area contributed by atoms with Gasteiger partial charge >= 0.3 is 6.03 Å². The molecule has 1 aliphatic heterocycles. The molecule has 1 heterocycles. The van der Waals surface area contributed by atoms with Crippen molar-refractivity contribution in [3.63, 3.8) is 0 Å². The van der Waals surface area contributed by atoms with E-state index in [0.29, 0.717) is 5.01 Å². The van der Waals surface area contributed by atoms with Gasteiger partial charge in [-0.25, -0.2) is 4.79 Å². The number of urea groups is 1. The molecule has 0 aromatic rings. The van der Waals surface area contributed by atoms with Gasteiger partial charge in [0.2, 0.25) is 12.0 Å². The van der Waals surface area contributed by atoms with E-state index in [1.54, 1.807) is 0 Å². The van der Waals surface area contributed by atoms with Crippen molar-refractivity contribution in [2.24, 2.45) is 11.2 Å². The molecule has 0 spiro atoms. The number of nitrogens with one attached hydrogen (secondary N) is 1. The van der Waals surface area contributed by atoms with Gasteiger partial charge in [0, 0.05) is 5.88 Å². The van der Waals surface area contributed by atoms with Gasteiger partial charge in [-0.1, -0.05) is 13.8 Å². The first kappa shape index (κ1) is 22.0. The van der Waals surface area contributed by atoms with Crippen LogP contribution in [-0.2, 0) is 9.47 Å². The zero-order valence-electron chi connectivity index (χ0n) is 13.9. The monoisotopic (exact) mass is 385 g/mol. The molecule has 0 aliphatic carbocycles. The maximum Gasteiger partial charge on any atom is 0.342 e. The standard InChI is InChI=1S/C13H24ClN3O8/c1-7(2)6-24-11-13(22,10(20)9(19)8(5-18)25-11)15-12(21)17(16-23)4-3-14/h7-11,18-20,22H,3-6H2,1-2H3,(H,15,21)/t8-,9+,10+,11+,13+/m1/s1. The van der Waals surface area contributed by atoms with Crippen LogP contribution in [0.4, 0.5) is 4.79 Å². The Bertz CT molecular complexity index is 457. The molecule has 11 nitrogen and oxygen atoms in total. The van der Waals surface area contributed by atoms with Crippen LogP contribution in [0.5, 0.6) is 0 Å². The fourth-order valence-corrected chi connectivity index (χ4v) is 2.33. The third-order valence-corrected chi connectivity index (χ3v) is 3.68. The molecule has 2 amide bonds. The number of carbonyl (C=O) groups is 1. The highest BCUT2D eigenvalue weighted by atomic mass is 35.5. The summed E-state index contributed by atoms with van der Waals surface area (Å²) >= 11 is 5.45. The average Bonchev–Trinajstić information content (AvgIpc) is 2.56. The predicted molar refractivity (Wildman–Crippen MR) is 85.3 cm³/mol. The minimum Gasteiger partial charge on any atom is -0.394 e. The van der Waals surface area contributed by atoms with Crippen LogP contribution >= 0.6 is 11.6 Å². The molecule has 12 heteroatoms. The van der Waals surface area contributed by atoms with Crippen LogP contribution < -0.4 is 5.32 Å². The van der Waals surface area contributed by atoms with Gasteiger partial charge in [0.1, 0.15) is 18.3 Å². The lowest BCUT2D eigenvalue weighted by Gasteiger charge is -2.47. The molecular formula is C13H24ClN3O8. The fourth-order valence-electron chi connectivity index (χ4n) is 2.17. The smallest absolute Gasteiger partial charge is 0.342 e. The van der Waals surface area contributed by atoms with E-state index in [-0.39, 0.29) is 24.9 Å². The molecule has 25 heavy (non-hydrogen) atoms. The van der Waals surface area contributed by atoms with Gasteiger partial charge in [0.15, 0.2) is 0 Å². The first-order valence-corrected chi connectivity index (χ1v) is 8.20. The molecule has 5 atom stereocenters. The Labute approximate surface area is 149 Å². The molecule has 1 saturated heterocycles. The normalized spacial score (nSPS) is 32.5. The molecular weight excluding hydrogens is 362 g/mol. The number of aliphatic hydroxyl groups is 4. The summed E-state index contributed by atoms with van der Waals surface area (Å²) in [5.41, 5.74) is -2.59. The van der Waals surface area contributed by atoms with Crippen molar-refractivity contribution in [2.45, 2.75) is 44.2 Å². The van der Waals surface area contributed by atoms with E-state index >= 15 is 0 Å². The van der Waals surface area contributed by atoms with E-state index in [0.717, 1.165) is 0 Å². The van der Waals surface area contributed by atoms with Gasteiger partial charge in [-0.05, 0) is 5.92 Å². The summed E-state index contributed by atoms with van der Waals surface area (Å²) in [5, 5.41) is 44.9. The molecule has 146 valence electrons. The number of nitrogens with zero attached hydrogens (tertiary/aromatic N) is 2. The molecule has 5 N–H and O–H groups in total. The Morgan fingerprint density at radius 1 is 1.48 bits per heavy atom. The zero-order valence-corrected chi connectivity index (χ0v) is 14.7. The highest BCUT2D eigenvalue weighted by molar-refractivity contribution is 6.18. The van der Waals surface area contributed by atoms with Crippen molar-refractivity contribution in [1.82, 2.24) is 10.3 Å². The number of aliphatic hydroxyl groups excluding tert-OH is 3. The van der Waals surface area contributed by atoms with Crippen LogP contribution in [0.25, 0.3) is 0 Å². The Morgan fingerprint density at radius 3 is 2.60 bits per heavy atom. The number of hydrogen-bond acceptors (Lipinski definition) is 9. The highest BCUT2D eigenvalue weighted by Crippen LogP contribution is 2.29. The fraction of sp³-hybridized carbons (Fsp3) is 0.923. The van der Waals surface area contributed by atoms with E-state index in [4.69, 9.17) is 21.1 Å². The van der Waals surface area contributed by atoms with Crippen molar-refractivity contribution >= 4 is 17.6 Å². The number of hydrogen-bond donors (Lipinski definition) is 5. The zero-order chi connectivity index (χ0) is 19.2. The number of carbonyl (C=O) groups excluding carboxylic acids is 1. The van der Waals surface area contributed by atoms with E-state index in [2.05, 4.69) is 5.29 Å². The first-order valence-electron chi connectivity index (χ1n) is 7.66. The largest absolute Gasteiger partial charge is 0.394 e. The summed E-state index contributed by atoms with van der Waals surface area (Å²) in [5.74, 6) is -0.0800. The van der Waals surface area contributed by atoms with Gasteiger partial charge < -0.3 is 35.2 Å². The van der Waals surface area contributed by atoms with E-state index in [1.807, 2.05) is 19.2 Å². The summed E-state index contributed by atoms with van der Waals surface area (Å²) < 4.78 is 10.6. The molecule has 0 aromatic carbocycles. The number of halogens is 1. The van der Waals surface area contributed by atoms with Crippen LogP contribution in [-0.4, -0.2) is 87.4 Å². The Morgan fingerprint density at radius 2 is 2.12 bits per heavy atom. The Balaban J connectivity index is 3.03. The van der Waals surface area contributed by atoms with Crippen LogP contribution in [0.15, 0.2) is 5.29 Å². The van der Waals surface area contributed by atoms with Crippen LogP contribution in [0, 0.1) is 10.8 Å². The molecule has 1 fully saturated rings. The molecule has 0 bridgehead atoms. The SMILES string of the molecule is CC(C)CO[C@H]1O[C@H](CO)[C@H](O)[C@H](O)[C@@]1(O)NC(=O)N(CCCl)N=O. The van der Waals surface area contributed by atoms with Gasteiger partial charge in [-0.15, -0.1) is 16.5 Å². The summed E-state index contributed by atoms with van der Waals surface area (Å²) in [7, 11) is 0. The highest BCUT2D eigenvalue weighted by Gasteiger charge is 2.57. The van der Waals surface area contributed by atoms with Gasteiger partial charge in [0.25, 0.3) is 0 Å². The van der Waals surface area contributed by atoms with Crippen molar-refractivity contribution in [2.75, 3.05) is 25.6 Å². The topological polar surface area (TPSA) is 161 Å². The maximum absolute atomic E-state index is 12.1. The van der Waals surface area contributed by atoms with Gasteiger partial charge in [-0.2, -0.15) is 5.01 Å². The second-order valence-corrected chi connectivity index (χ2v) is 6.38. The Hall–Kier alpha value is -1.08. The minimum absolute atomic E-state index is 0.0181. The third-order valence-electron chi connectivity index (χ3n) is 3.51. The quantitative estimate of drug-likeness (QED) is 0.149. The Kier molecular flexibility index (Phi) is 8.41. The van der Waals surface area contributed by atoms with Crippen LogP contribution in [0.3, 0.4) is 0 Å². The van der Waals surface area contributed by atoms with Crippen molar-refractivity contribution in [3.05, 3.63) is 4.91 Å². The van der Waals surface area contributed by atoms with Gasteiger partial charge in [0.05, 0.1) is 25.0 Å². The molecule has 0 radical (unpaired) electrons. The number of nitroso groups, excluding NO2 is 1. The number of amides is 2. The van der Waals surface area contributed by atoms with Crippen molar-refractivity contribution in [1.29, 1.82) is 0 Å². The maximum atomic E-state index is 12.1. The van der Waals surface area contributed by atoms with E-state index in [9.17, 15) is 30.1 Å². The predicted octanol–water partition coefficient (Wildman–Crippen LogP) is -1.28. The van der Waals surface area contributed by atoms with Crippen LogP contribution in [0.2, 0.25) is 0 Å². The lowest BCUT2D eigenvalue weighted by molar-refractivity contribution is -0.348. The summed E-state index contributed by atoms with van der Waals surface area (Å²) in [6.45, 7) is 2.81. The molecule has 0 saturated carbocycles. The van der Waals surface area contributed by atoms with Crippen LogP contribution in [0.1, 0.15) is 13.8 Å². The molecule has 1 aliphatic rings. The minimum atomic E-state index is -2.59. The third kappa shape index (κ3) is 5.20. The average molecular weight is 386 g/mol. The summed E-state index contributed by atoms with van der Waals surface area (Å²) in [6.07, 6.45) is -6.55. The first-order chi connectivity index (χ1) is 11.7. The number of alkyl halides is 1. The lowest BCUT2D eigenvalue weighted by Crippen LogP contribution is -2.74. The van der Waals surface area contributed by atoms with Gasteiger partial charge in [-0.3, -0.25) is 0 Å². The van der Waals surface area contributed by atoms with E-state index in [1.165, 1.54) is 0 Å². The van der Waals surface area contributed by atoms with E-state index < -0.39 is 43.0 Å². The summed E-state index contributed by atoms with van der Waals surface area (Å²) in [4.78, 5) is 22.8.